The Bertz CT molecular complexity index is 675. The molecule has 1 amide bonds. The van der Waals surface area contributed by atoms with E-state index in [1.54, 1.807) is 0 Å². The minimum Gasteiger partial charge on any atom is -0.451 e. The Labute approximate surface area is 147 Å². The number of carbonyl (C=O) groups is 1. The van der Waals surface area contributed by atoms with Crippen molar-refractivity contribution in [1.82, 2.24) is 9.80 Å². The number of rotatable bonds is 2. The number of hydrogen-bond donors (Lipinski definition) is 0. The lowest BCUT2D eigenvalue weighted by Crippen LogP contribution is -2.41. The summed E-state index contributed by atoms with van der Waals surface area (Å²) in [4.78, 5) is 17.4. The van der Waals surface area contributed by atoms with Gasteiger partial charge in [-0.25, -0.2) is 0 Å². The van der Waals surface area contributed by atoms with Gasteiger partial charge in [0.25, 0.3) is 5.91 Å². The molecular formula is C19H24N2O2S. The molecule has 0 saturated carbocycles. The molecule has 128 valence electrons. The van der Waals surface area contributed by atoms with Crippen LogP contribution in [0.25, 0.3) is 11.0 Å². The van der Waals surface area contributed by atoms with Gasteiger partial charge in [0.05, 0.1) is 0 Å². The molecule has 2 aliphatic heterocycles. The average molecular weight is 344 g/mol. The lowest BCUT2D eigenvalue weighted by atomic mass is 10.1. The molecule has 24 heavy (non-hydrogen) atoms. The van der Waals surface area contributed by atoms with Gasteiger partial charge in [0.2, 0.25) is 0 Å². The van der Waals surface area contributed by atoms with E-state index < -0.39 is 0 Å². The van der Waals surface area contributed by atoms with E-state index in [1.807, 2.05) is 35.2 Å². The number of nitrogens with zero attached hydrogens (tertiary/aromatic N) is 2. The summed E-state index contributed by atoms with van der Waals surface area (Å²) in [5.74, 6) is 3.07. The Kier molecular flexibility index (Phi) is 4.81. The van der Waals surface area contributed by atoms with E-state index in [9.17, 15) is 4.79 Å². The first-order chi connectivity index (χ1) is 11.8. The largest absolute Gasteiger partial charge is 0.451 e. The van der Waals surface area contributed by atoms with Crippen LogP contribution in [-0.4, -0.2) is 59.4 Å². The van der Waals surface area contributed by atoms with Crippen molar-refractivity contribution in [2.45, 2.75) is 25.3 Å². The zero-order valence-corrected chi connectivity index (χ0v) is 14.8. The van der Waals surface area contributed by atoms with Crippen LogP contribution in [0.5, 0.6) is 0 Å². The molecule has 2 aromatic rings. The van der Waals surface area contributed by atoms with Crippen molar-refractivity contribution < 1.29 is 9.21 Å². The minimum atomic E-state index is 0.0345. The Morgan fingerprint density at radius 2 is 1.92 bits per heavy atom. The number of para-hydroxylation sites is 1. The Morgan fingerprint density at radius 3 is 2.75 bits per heavy atom. The van der Waals surface area contributed by atoms with Gasteiger partial charge in [0, 0.05) is 37.6 Å². The van der Waals surface area contributed by atoms with Gasteiger partial charge < -0.3 is 9.32 Å². The van der Waals surface area contributed by atoms with Gasteiger partial charge in [-0.3, -0.25) is 9.69 Å². The molecule has 2 saturated heterocycles. The highest BCUT2D eigenvalue weighted by molar-refractivity contribution is 7.99. The number of thioether (sulfide) groups is 1. The summed E-state index contributed by atoms with van der Waals surface area (Å²) in [5, 5.41) is 0.997. The Hall–Kier alpha value is -1.46. The van der Waals surface area contributed by atoms with E-state index in [2.05, 4.69) is 16.7 Å². The predicted molar refractivity (Wildman–Crippen MR) is 98.7 cm³/mol. The third kappa shape index (κ3) is 3.33. The number of furan rings is 1. The molecule has 0 radical (unpaired) electrons. The molecule has 5 heteroatoms. The number of hydrogen-bond acceptors (Lipinski definition) is 4. The second-order valence-corrected chi connectivity index (χ2v) is 7.90. The van der Waals surface area contributed by atoms with Crippen molar-refractivity contribution in [3.8, 4) is 0 Å². The highest BCUT2D eigenvalue weighted by atomic mass is 32.2. The van der Waals surface area contributed by atoms with Crippen LogP contribution < -0.4 is 0 Å². The zero-order valence-electron chi connectivity index (χ0n) is 13.9. The molecule has 0 bridgehead atoms. The monoisotopic (exact) mass is 344 g/mol. The third-order valence-corrected chi connectivity index (χ3v) is 6.21. The summed E-state index contributed by atoms with van der Waals surface area (Å²) in [6, 6.07) is 10.4. The molecule has 2 aliphatic rings. The quantitative estimate of drug-likeness (QED) is 0.836. The predicted octanol–water partition coefficient (Wildman–Crippen LogP) is 3.48. The summed E-state index contributed by atoms with van der Waals surface area (Å²) in [5.41, 5.74) is 0.789. The fraction of sp³-hybridized carbons (Fsp3) is 0.526. The van der Waals surface area contributed by atoms with Gasteiger partial charge in [-0.05, 0) is 42.9 Å². The van der Waals surface area contributed by atoms with Gasteiger partial charge in [0.1, 0.15) is 5.58 Å². The SMILES string of the molecule is O=C(c1cc2ccccc2o1)N1CCCN(C2CCSCC2)CC1. The molecular weight excluding hydrogens is 320 g/mol. The fourth-order valence-electron chi connectivity index (χ4n) is 3.80. The Balaban J connectivity index is 1.43. The van der Waals surface area contributed by atoms with Crippen LogP contribution in [0.4, 0.5) is 0 Å². The molecule has 0 spiro atoms. The highest BCUT2D eigenvalue weighted by Gasteiger charge is 2.27. The number of fused-ring (bicyclic) bond motifs is 1. The lowest BCUT2D eigenvalue weighted by Gasteiger charge is -2.33. The molecule has 3 heterocycles. The molecule has 0 aliphatic carbocycles. The van der Waals surface area contributed by atoms with Crippen LogP contribution in [0.2, 0.25) is 0 Å². The van der Waals surface area contributed by atoms with Gasteiger partial charge in [0.15, 0.2) is 5.76 Å². The first kappa shape index (κ1) is 16.0. The molecule has 1 aromatic heterocycles. The van der Waals surface area contributed by atoms with Crippen LogP contribution in [0.3, 0.4) is 0 Å². The van der Waals surface area contributed by atoms with Gasteiger partial charge in [-0.2, -0.15) is 11.8 Å². The summed E-state index contributed by atoms with van der Waals surface area (Å²) < 4.78 is 5.76. The lowest BCUT2D eigenvalue weighted by molar-refractivity contribution is 0.0728. The van der Waals surface area contributed by atoms with Crippen LogP contribution in [0, 0.1) is 0 Å². The van der Waals surface area contributed by atoms with Crippen molar-refractivity contribution >= 4 is 28.6 Å². The maximum atomic E-state index is 12.8. The number of carbonyl (C=O) groups excluding carboxylic acids is 1. The van der Waals surface area contributed by atoms with E-state index in [0.717, 1.165) is 43.6 Å². The van der Waals surface area contributed by atoms with Gasteiger partial charge in [-0.1, -0.05) is 18.2 Å². The zero-order chi connectivity index (χ0) is 16.4. The second-order valence-electron chi connectivity index (χ2n) is 6.67. The number of benzene rings is 1. The molecule has 4 nitrogen and oxygen atoms in total. The fourth-order valence-corrected chi connectivity index (χ4v) is 4.88. The van der Waals surface area contributed by atoms with Gasteiger partial charge in [-0.15, -0.1) is 0 Å². The topological polar surface area (TPSA) is 36.7 Å². The van der Waals surface area contributed by atoms with E-state index in [1.165, 1.54) is 24.3 Å². The smallest absolute Gasteiger partial charge is 0.289 e. The van der Waals surface area contributed by atoms with Crippen molar-refractivity contribution in [3.63, 3.8) is 0 Å². The van der Waals surface area contributed by atoms with Crippen LogP contribution >= 0.6 is 11.8 Å². The van der Waals surface area contributed by atoms with Crippen molar-refractivity contribution in [2.24, 2.45) is 0 Å². The maximum absolute atomic E-state index is 12.8. The van der Waals surface area contributed by atoms with Gasteiger partial charge >= 0.3 is 0 Å². The third-order valence-electron chi connectivity index (χ3n) is 5.16. The summed E-state index contributed by atoms with van der Waals surface area (Å²) >= 11 is 2.07. The molecule has 0 N–H and O–H groups in total. The van der Waals surface area contributed by atoms with Crippen LogP contribution in [0.1, 0.15) is 29.8 Å². The normalized spacial score (nSPS) is 21.1. The van der Waals surface area contributed by atoms with E-state index in [4.69, 9.17) is 4.42 Å². The molecule has 0 atom stereocenters. The van der Waals surface area contributed by atoms with Crippen LogP contribution in [0.15, 0.2) is 34.7 Å². The maximum Gasteiger partial charge on any atom is 0.289 e. The average Bonchev–Trinajstić information content (AvgIpc) is 2.91. The molecule has 4 rings (SSSR count). The van der Waals surface area contributed by atoms with Crippen molar-refractivity contribution in [2.75, 3.05) is 37.7 Å². The summed E-state index contributed by atoms with van der Waals surface area (Å²) in [6.45, 7) is 3.73. The van der Waals surface area contributed by atoms with Crippen molar-refractivity contribution in [1.29, 1.82) is 0 Å². The second kappa shape index (κ2) is 7.19. The highest BCUT2D eigenvalue weighted by Crippen LogP contribution is 2.24. The standard InChI is InChI=1S/C19H24N2O2S/c22-19(18-14-15-4-1-2-5-17(15)23-18)21-9-3-8-20(10-11-21)16-6-12-24-13-7-16/h1-2,4-5,14,16H,3,6-13H2. The van der Waals surface area contributed by atoms with E-state index in [-0.39, 0.29) is 5.91 Å². The van der Waals surface area contributed by atoms with Crippen LogP contribution in [-0.2, 0) is 0 Å². The summed E-state index contributed by atoms with van der Waals surface area (Å²) in [6.07, 6.45) is 3.64. The summed E-state index contributed by atoms with van der Waals surface area (Å²) in [7, 11) is 0. The van der Waals surface area contributed by atoms with Crippen molar-refractivity contribution in [3.05, 3.63) is 36.1 Å². The van der Waals surface area contributed by atoms with E-state index >= 15 is 0 Å². The first-order valence-electron chi connectivity index (χ1n) is 8.91. The minimum absolute atomic E-state index is 0.0345. The Morgan fingerprint density at radius 1 is 1.08 bits per heavy atom. The molecule has 0 unspecified atom stereocenters. The number of amides is 1. The van der Waals surface area contributed by atoms with E-state index in [0.29, 0.717) is 11.8 Å². The molecule has 2 fully saturated rings. The molecule has 1 aromatic carbocycles. The first-order valence-corrected chi connectivity index (χ1v) is 10.1.